The second-order valence-corrected chi connectivity index (χ2v) is 5.47. The van der Waals surface area contributed by atoms with Crippen LogP contribution < -0.4 is 4.74 Å². The summed E-state index contributed by atoms with van der Waals surface area (Å²) in [5.41, 5.74) is 0. The van der Waals surface area contributed by atoms with Gasteiger partial charge in [-0.1, -0.05) is 0 Å². The Labute approximate surface area is 114 Å². The molecule has 0 spiro atoms. The number of thiophene rings is 1. The summed E-state index contributed by atoms with van der Waals surface area (Å²) in [6.45, 7) is 1.35. The Morgan fingerprint density at radius 3 is 3.22 bits per heavy atom. The van der Waals surface area contributed by atoms with Crippen LogP contribution >= 0.6 is 22.9 Å². The lowest BCUT2D eigenvalue weighted by Crippen LogP contribution is -2.26. The van der Waals surface area contributed by atoms with Crippen molar-refractivity contribution in [3.05, 3.63) is 16.7 Å². The maximum absolute atomic E-state index is 5.88. The van der Waals surface area contributed by atoms with Crippen molar-refractivity contribution >= 4 is 33.2 Å². The quantitative estimate of drug-likeness (QED) is 0.811. The zero-order chi connectivity index (χ0) is 12.4. The number of rotatable bonds is 3. The molecule has 3 heterocycles. The summed E-state index contributed by atoms with van der Waals surface area (Å²) in [6, 6.07) is 1.95. The lowest BCUT2D eigenvalue weighted by molar-refractivity contribution is -0.0116. The summed E-state index contributed by atoms with van der Waals surface area (Å²) in [6.07, 6.45) is 3.56. The van der Waals surface area contributed by atoms with Crippen LogP contribution in [0, 0.1) is 0 Å². The average molecular weight is 285 g/mol. The van der Waals surface area contributed by atoms with Crippen molar-refractivity contribution in [2.24, 2.45) is 0 Å². The third-order valence-corrected chi connectivity index (χ3v) is 3.92. The minimum absolute atomic E-state index is 0.168. The molecule has 0 N–H and O–H groups in total. The van der Waals surface area contributed by atoms with Crippen LogP contribution in [0.25, 0.3) is 10.2 Å². The Morgan fingerprint density at radius 2 is 2.39 bits per heavy atom. The number of hydrogen-bond donors (Lipinski definition) is 0. The largest absolute Gasteiger partial charge is 0.474 e. The summed E-state index contributed by atoms with van der Waals surface area (Å²) >= 11 is 7.41. The number of ether oxygens (including phenoxy) is 2. The fourth-order valence-electron chi connectivity index (χ4n) is 2.02. The molecular weight excluding hydrogens is 272 g/mol. The van der Waals surface area contributed by atoms with E-state index in [1.165, 1.54) is 17.8 Å². The highest BCUT2D eigenvalue weighted by atomic mass is 35.5. The fraction of sp³-hybridized carbons (Fsp3) is 0.500. The van der Waals surface area contributed by atoms with E-state index < -0.39 is 0 Å². The standard InChI is InChI=1S/C12H13ClN2O2S/c13-12-14-10(9-4-6-18-11(9)15-12)17-7-8-3-1-2-5-16-8/h4,6,8H,1-3,5,7H2. The molecule has 0 saturated carbocycles. The maximum Gasteiger partial charge on any atom is 0.227 e. The van der Waals surface area contributed by atoms with Crippen molar-refractivity contribution in [1.82, 2.24) is 9.97 Å². The van der Waals surface area contributed by atoms with Gasteiger partial charge >= 0.3 is 0 Å². The molecule has 3 rings (SSSR count). The summed E-state index contributed by atoms with van der Waals surface area (Å²) in [5, 5.41) is 3.10. The zero-order valence-corrected chi connectivity index (χ0v) is 11.3. The first-order valence-electron chi connectivity index (χ1n) is 5.98. The third-order valence-electron chi connectivity index (χ3n) is 2.94. The van der Waals surface area contributed by atoms with Gasteiger partial charge in [-0.15, -0.1) is 11.3 Å². The van der Waals surface area contributed by atoms with Crippen LogP contribution in [0.5, 0.6) is 5.88 Å². The van der Waals surface area contributed by atoms with Crippen molar-refractivity contribution in [3.63, 3.8) is 0 Å². The molecule has 1 saturated heterocycles. The molecule has 18 heavy (non-hydrogen) atoms. The minimum atomic E-state index is 0.168. The first kappa shape index (κ1) is 12.1. The van der Waals surface area contributed by atoms with Crippen molar-refractivity contribution in [3.8, 4) is 5.88 Å². The highest BCUT2D eigenvalue weighted by molar-refractivity contribution is 7.16. The van der Waals surface area contributed by atoms with Crippen molar-refractivity contribution < 1.29 is 9.47 Å². The van der Waals surface area contributed by atoms with Gasteiger partial charge in [-0.2, -0.15) is 4.98 Å². The Morgan fingerprint density at radius 1 is 1.44 bits per heavy atom. The number of hydrogen-bond acceptors (Lipinski definition) is 5. The molecule has 4 nitrogen and oxygen atoms in total. The predicted molar refractivity (Wildman–Crippen MR) is 71.5 cm³/mol. The van der Waals surface area contributed by atoms with E-state index in [4.69, 9.17) is 21.1 Å². The maximum atomic E-state index is 5.88. The molecule has 1 unspecified atom stereocenters. The Hall–Kier alpha value is -0.910. The van der Waals surface area contributed by atoms with E-state index in [9.17, 15) is 0 Å². The van der Waals surface area contributed by atoms with Crippen LogP contribution in [0.1, 0.15) is 19.3 Å². The van der Waals surface area contributed by atoms with Crippen LogP contribution in [-0.2, 0) is 4.74 Å². The number of fused-ring (bicyclic) bond motifs is 1. The lowest BCUT2D eigenvalue weighted by Gasteiger charge is -2.22. The predicted octanol–water partition coefficient (Wildman–Crippen LogP) is 3.29. The smallest absolute Gasteiger partial charge is 0.227 e. The SMILES string of the molecule is Clc1nc(OCC2CCCCO2)c2ccsc2n1. The van der Waals surface area contributed by atoms with Crippen LogP contribution in [-0.4, -0.2) is 29.3 Å². The highest BCUT2D eigenvalue weighted by Crippen LogP contribution is 2.28. The molecule has 2 aromatic heterocycles. The summed E-state index contributed by atoms with van der Waals surface area (Å²) in [7, 11) is 0. The van der Waals surface area contributed by atoms with E-state index in [2.05, 4.69) is 9.97 Å². The van der Waals surface area contributed by atoms with Gasteiger partial charge in [0.05, 0.1) is 11.5 Å². The van der Waals surface area contributed by atoms with E-state index >= 15 is 0 Å². The lowest BCUT2D eigenvalue weighted by atomic mass is 10.1. The monoisotopic (exact) mass is 284 g/mol. The molecular formula is C12H13ClN2O2S. The van der Waals surface area contributed by atoms with Gasteiger partial charge in [0.25, 0.3) is 0 Å². The van der Waals surface area contributed by atoms with E-state index in [0.29, 0.717) is 12.5 Å². The van der Waals surface area contributed by atoms with Gasteiger partial charge in [-0.05, 0) is 42.3 Å². The van der Waals surface area contributed by atoms with Gasteiger partial charge < -0.3 is 9.47 Å². The molecule has 0 aromatic carbocycles. The van der Waals surface area contributed by atoms with E-state index in [-0.39, 0.29) is 11.4 Å². The summed E-state index contributed by atoms with van der Waals surface area (Å²) in [5.74, 6) is 0.556. The van der Waals surface area contributed by atoms with Crippen molar-refractivity contribution in [2.45, 2.75) is 25.4 Å². The van der Waals surface area contributed by atoms with Gasteiger partial charge in [0.1, 0.15) is 11.4 Å². The van der Waals surface area contributed by atoms with Crippen LogP contribution in [0.3, 0.4) is 0 Å². The third kappa shape index (κ3) is 2.58. The van der Waals surface area contributed by atoms with Crippen LogP contribution in [0.2, 0.25) is 5.28 Å². The van der Waals surface area contributed by atoms with Gasteiger partial charge in [-0.25, -0.2) is 4.98 Å². The molecule has 0 bridgehead atoms. The van der Waals surface area contributed by atoms with E-state index in [1.54, 1.807) is 0 Å². The molecule has 1 aliphatic rings. The number of nitrogens with zero attached hydrogens (tertiary/aromatic N) is 2. The van der Waals surface area contributed by atoms with Crippen LogP contribution in [0.15, 0.2) is 11.4 Å². The average Bonchev–Trinajstić information content (AvgIpc) is 2.85. The number of halogens is 1. The van der Waals surface area contributed by atoms with Gasteiger partial charge in [0.15, 0.2) is 0 Å². The molecule has 6 heteroatoms. The summed E-state index contributed by atoms with van der Waals surface area (Å²) in [4.78, 5) is 9.15. The van der Waals surface area contributed by atoms with E-state index in [0.717, 1.165) is 29.7 Å². The van der Waals surface area contributed by atoms with Crippen molar-refractivity contribution in [1.29, 1.82) is 0 Å². The number of aromatic nitrogens is 2. The zero-order valence-electron chi connectivity index (χ0n) is 9.76. The molecule has 0 radical (unpaired) electrons. The molecule has 1 fully saturated rings. The molecule has 0 aliphatic carbocycles. The molecule has 1 aliphatic heterocycles. The normalized spacial score (nSPS) is 20.2. The van der Waals surface area contributed by atoms with E-state index in [1.807, 2.05) is 11.4 Å². The highest BCUT2D eigenvalue weighted by Gasteiger charge is 2.16. The molecule has 96 valence electrons. The topological polar surface area (TPSA) is 44.2 Å². The van der Waals surface area contributed by atoms with Gasteiger partial charge in [0.2, 0.25) is 11.2 Å². The Bertz CT molecular complexity index is 540. The van der Waals surface area contributed by atoms with Crippen LogP contribution in [0.4, 0.5) is 0 Å². The molecule has 1 atom stereocenters. The first-order chi connectivity index (χ1) is 8.83. The Kier molecular flexibility index (Phi) is 3.63. The fourth-order valence-corrected chi connectivity index (χ4v) is 2.99. The second-order valence-electron chi connectivity index (χ2n) is 4.24. The summed E-state index contributed by atoms with van der Waals surface area (Å²) < 4.78 is 11.4. The second kappa shape index (κ2) is 5.38. The van der Waals surface area contributed by atoms with Gasteiger partial charge in [0, 0.05) is 6.61 Å². The minimum Gasteiger partial charge on any atom is -0.474 e. The van der Waals surface area contributed by atoms with Crippen molar-refractivity contribution in [2.75, 3.05) is 13.2 Å². The van der Waals surface area contributed by atoms with Gasteiger partial charge in [-0.3, -0.25) is 0 Å². The Balaban J connectivity index is 1.75. The first-order valence-corrected chi connectivity index (χ1v) is 7.24. The molecule has 2 aromatic rings. The molecule has 0 amide bonds.